The van der Waals surface area contributed by atoms with E-state index in [2.05, 4.69) is 68.1 Å². The third kappa shape index (κ3) is 6.40. The molecule has 178 valence electrons. The van der Waals surface area contributed by atoms with Crippen LogP contribution in [0.5, 0.6) is 0 Å². The van der Waals surface area contributed by atoms with Crippen LogP contribution < -0.4 is 5.32 Å². The van der Waals surface area contributed by atoms with Gasteiger partial charge < -0.3 is 5.32 Å². The third-order valence-corrected chi connectivity index (χ3v) is 8.49. The molecule has 1 unspecified atom stereocenters. The summed E-state index contributed by atoms with van der Waals surface area (Å²) in [4.78, 5) is 16.3. The summed E-state index contributed by atoms with van der Waals surface area (Å²) in [5.74, 6) is 0.931. The largest absolute Gasteiger partial charge is 0.353 e. The van der Waals surface area contributed by atoms with Gasteiger partial charge in [-0.25, -0.2) is 15.0 Å². The van der Waals surface area contributed by atoms with Gasteiger partial charge in [-0.2, -0.15) is 0 Å². The van der Waals surface area contributed by atoms with Crippen molar-refractivity contribution in [3.63, 3.8) is 0 Å². The molecule has 0 bridgehead atoms. The molecule has 0 saturated heterocycles. The van der Waals surface area contributed by atoms with Crippen LogP contribution in [0.15, 0.2) is 29.2 Å². The molecular weight excluding hydrogens is 604 g/mol. The van der Waals surface area contributed by atoms with Crippen LogP contribution in [-0.4, -0.2) is 25.5 Å². The summed E-state index contributed by atoms with van der Waals surface area (Å²) in [6, 6.07) is 8.23. The molecule has 3 aromatic heterocycles. The van der Waals surface area contributed by atoms with Crippen LogP contribution in [0.3, 0.4) is 0 Å². The quantitative estimate of drug-likeness (QED) is 0.103. The Morgan fingerprint density at radius 2 is 1.73 bits per heavy atom. The van der Waals surface area contributed by atoms with Gasteiger partial charge in [0.1, 0.15) is 16.5 Å². The van der Waals surface area contributed by atoms with Gasteiger partial charge in [-0.1, -0.05) is 45.4 Å². The Labute approximate surface area is 224 Å². The number of thiazole rings is 1. The lowest BCUT2D eigenvalue weighted by Gasteiger charge is -2.13. The lowest BCUT2D eigenvalue weighted by Crippen LogP contribution is -1.96. The minimum atomic E-state index is 0.451. The summed E-state index contributed by atoms with van der Waals surface area (Å²) >= 11 is 12.1. The number of thioether (sulfide) groups is 1. The minimum Gasteiger partial charge on any atom is -0.353 e. The molecule has 0 aliphatic rings. The first kappa shape index (κ1) is 28.3. The maximum absolute atomic E-state index is 6.32. The smallest absolute Gasteiger partial charge is 0.167 e. The van der Waals surface area contributed by atoms with Crippen LogP contribution in [0.25, 0.3) is 22.4 Å². The molecule has 0 aliphatic carbocycles. The van der Waals surface area contributed by atoms with Crippen molar-refractivity contribution in [2.24, 2.45) is 0 Å². The van der Waals surface area contributed by atoms with E-state index >= 15 is 0 Å². The molecule has 4 rings (SSSR count). The first-order valence-electron chi connectivity index (χ1n) is 10.7. The Hall–Kier alpha value is -0.930. The molecular formula is C23H30ClIN5PS2. The fraction of sp³-hybridized carbons (Fsp3) is 0.348. The molecule has 3 heterocycles. The number of pyridine rings is 1. The van der Waals surface area contributed by atoms with Crippen LogP contribution in [0.4, 0.5) is 11.4 Å². The molecule has 1 atom stereocenters. The Kier molecular flexibility index (Phi) is 11.4. The molecule has 1 aromatic carbocycles. The number of nitrogens with one attached hydrogen (secondary N) is 1. The molecule has 1 N–H and O–H groups in total. The van der Waals surface area contributed by atoms with Gasteiger partial charge in [0.15, 0.2) is 5.65 Å². The SMILES string of the molecule is CC.CC.CSc1cc(-c2nc(C)sc2C)ccc1Nc1cc(Cl)nc2c1nc(C)n2PI. The topological polar surface area (TPSA) is 55.6 Å². The number of rotatable bonds is 5. The van der Waals surface area contributed by atoms with Crippen LogP contribution in [0.2, 0.25) is 5.15 Å². The molecule has 10 heteroatoms. The van der Waals surface area contributed by atoms with Gasteiger partial charge >= 0.3 is 0 Å². The summed E-state index contributed by atoms with van der Waals surface area (Å²) in [6.45, 7) is 14.2. The van der Waals surface area contributed by atoms with E-state index in [9.17, 15) is 0 Å². The van der Waals surface area contributed by atoms with E-state index in [1.807, 2.05) is 47.6 Å². The zero-order valence-corrected chi connectivity index (χ0v) is 25.7. The summed E-state index contributed by atoms with van der Waals surface area (Å²) < 4.78 is 2.08. The van der Waals surface area contributed by atoms with E-state index in [0.717, 1.165) is 49.5 Å². The van der Waals surface area contributed by atoms with Gasteiger partial charge in [0.25, 0.3) is 0 Å². The highest BCUT2D eigenvalue weighted by Gasteiger charge is 2.16. The second-order valence-corrected chi connectivity index (χ2v) is 11.1. The van der Waals surface area contributed by atoms with Crippen molar-refractivity contribution in [2.75, 3.05) is 11.6 Å². The fourth-order valence-corrected chi connectivity index (χ4v) is 6.96. The highest BCUT2D eigenvalue weighted by atomic mass is 127. The van der Waals surface area contributed by atoms with Gasteiger partial charge in [0, 0.05) is 21.4 Å². The van der Waals surface area contributed by atoms with E-state index in [1.165, 1.54) is 4.88 Å². The van der Waals surface area contributed by atoms with Crippen molar-refractivity contribution in [1.82, 2.24) is 19.3 Å². The number of anilines is 2. The Bertz CT molecular complexity index is 1230. The van der Waals surface area contributed by atoms with E-state index in [4.69, 9.17) is 21.6 Å². The van der Waals surface area contributed by atoms with Crippen molar-refractivity contribution in [1.29, 1.82) is 0 Å². The molecule has 0 saturated carbocycles. The maximum Gasteiger partial charge on any atom is 0.167 e. The molecule has 5 nitrogen and oxygen atoms in total. The minimum absolute atomic E-state index is 0.451. The van der Waals surface area contributed by atoms with E-state index in [-0.39, 0.29) is 0 Å². The number of benzene rings is 1. The Balaban J connectivity index is 0.000000914. The molecule has 33 heavy (non-hydrogen) atoms. The maximum atomic E-state index is 6.32. The van der Waals surface area contributed by atoms with Crippen LogP contribution in [0, 0.1) is 20.8 Å². The molecule has 0 amide bonds. The molecule has 0 fully saturated rings. The monoisotopic (exact) mass is 633 g/mol. The number of halogens is 2. The number of aromatic nitrogens is 4. The predicted molar refractivity (Wildman–Crippen MR) is 160 cm³/mol. The highest BCUT2D eigenvalue weighted by Crippen LogP contribution is 2.38. The Morgan fingerprint density at radius 1 is 1.03 bits per heavy atom. The summed E-state index contributed by atoms with van der Waals surface area (Å²) in [7, 11) is 0. The van der Waals surface area contributed by atoms with Crippen molar-refractivity contribution in [2.45, 2.75) is 53.4 Å². The normalized spacial score (nSPS) is 10.7. The standard InChI is InChI=1S/C19H18ClIN5PS2.2C2H6/c1-9-17(23-11(3)29-9)12-5-6-13(15(7-12)28-4)24-14-8-16(20)25-19-18(14)22-10(2)26(19)27-21;2*1-2/h5-8,27H,1-4H3,(H,24,25);2*1-2H3. The molecule has 0 spiro atoms. The van der Waals surface area contributed by atoms with Gasteiger partial charge in [0.05, 0.1) is 28.5 Å². The van der Waals surface area contributed by atoms with Crippen LogP contribution in [-0.2, 0) is 0 Å². The first-order chi connectivity index (χ1) is 15.9. The fourth-order valence-electron chi connectivity index (χ4n) is 3.21. The predicted octanol–water partition coefficient (Wildman–Crippen LogP) is 9.44. The molecule has 4 aromatic rings. The van der Waals surface area contributed by atoms with E-state index in [1.54, 1.807) is 23.1 Å². The van der Waals surface area contributed by atoms with Crippen molar-refractivity contribution in [3.05, 3.63) is 45.1 Å². The second-order valence-electron chi connectivity index (χ2n) is 6.42. The molecule has 0 aliphatic heterocycles. The second kappa shape index (κ2) is 13.2. The Morgan fingerprint density at radius 3 is 2.30 bits per heavy atom. The lowest BCUT2D eigenvalue weighted by atomic mass is 10.1. The van der Waals surface area contributed by atoms with Gasteiger partial charge in [-0.3, -0.25) is 4.34 Å². The van der Waals surface area contributed by atoms with Gasteiger partial charge in [-0.05, 0) is 61.2 Å². The van der Waals surface area contributed by atoms with Crippen molar-refractivity contribution in [3.8, 4) is 11.3 Å². The lowest BCUT2D eigenvalue weighted by molar-refractivity contribution is 1.10. The number of aryl methyl sites for hydroxylation is 3. The van der Waals surface area contributed by atoms with Gasteiger partial charge in [0.2, 0.25) is 0 Å². The van der Waals surface area contributed by atoms with Crippen LogP contribution in [0.1, 0.15) is 43.4 Å². The first-order valence-corrected chi connectivity index (χ1v) is 17.2. The third-order valence-electron chi connectivity index (χ3n) is 4.48. The number of hydrogen-bond acceptors (Lipinski definition) is 6. The van der Waals surface area contributed by atoms with E-state index in [0.29, 0.717) is 11.5 Å². The van der Waals surface area contributed by atoms with Crippen molar-refractivity contribution < 1.29 is 0 Å². The summed E-state index contributed by atoms with van der Waals surface area (Å²) in [6.07, 6.45) is 2.59. The number of nitrogens with zero attached hydrogens (tertiary/aromatic N) is 4. The van der Waals surface area contributed by atoms with E-state index < -0.39 is 0 Å². The van der Waals surface area contributed by atoms with Gasteiger partial charge in [-0.15, -0.1) is 23.1 Å². The highest BCUT2D eigenvalue weighted by molar-refractivity contribution is 14.2. The van der Waals surface area contributed by atoms with Crippen LogP contribution >= 0.6 is 63.1 Å². The average Bonchev–Trinajstić information content (AvgIpc) is 3.33. The van der Waals surface area contributed by atoms with Crippen molar-refractivity contribution >= 4 is 85.7 Å². The number of hydrogen-bond donors (Lipinski definition) is 1. The zero-order chi connectivity index (χ0) is 24.7. The zero-order valence-electron chi connectivity index (χ0n) is 20.2. The summed E-state index contributed by atoms with van der Waals surface area (Å²) in [5, 5.41) is 5.07. The molecule has 0 radical (unpaired) electrons. The number of imidazole rings is 1. The number of fused-ring (bicyclic) bond motifs is 1. The average molecular weight is 634 g/mol. The summed E-state index contributed by atoms with van der Waals surface area (Å²) in [5.41, 5.74) is 5.70.